The van der Waals surface area contributed by atoms with Crippen LogP contribution in [0.2, 0.25) is 0 Å². The molecule has 216 valence electrons. The summed E-state index contributed by atoms with van der Waals surface area (Å²) in [5, 5.41) is 12.4. The normalized spacial score (nSPS) is 12.2. The molecule has 0 heterocycles. The molecule has 0 saturated heterocycles. The first-order valence-corrected chi connectivity index (χ1v) is 16.6. The first-order chi connectivity index (χ1) is 19.3. The molecule has 0 aliphatic heterocycles. The third-order valence-corrected chi connectivity index (χ3v) is 10.0. The molecule has 3 aromatic rings. The summed E-state index contributed by atoms with van der Waals surface area (Å²) in [7, 11) is -2.76. The van der Waals surface area contributed by atoms with Gasteiger partial charge < -0.3 is 0 Å². The molecule has 0 spiro atoms. The summed E-state index contributed by atoms with van der Waals surface area (Å²) in [6.45, 7) is 1.85. The van der Waals surface area contributed by atoms with Crippen LogP contribution in [0.5, 0.6) is 5.75 Å². The first-order valence-electron chi connectivity index (χ1n) is 12.5. The summed E-state index contributed by atoms with van der Waals surface area (Å²) in [6, 6.07) is 21.0. The summed E-state index contributed by atoms with van der Waals surface area (Å²) < 4.78 is 44.4. The number of sulfonamides is 1. The number of nitrogens with zero attached hydrogens (tertiary/aromatic N) is 1. The number of carboxylic acids is 1. The molecule has 0 aromatic heterocycles. The number of carbonyl (C=O) groups is 2. The molecule has 0 radical (unpaired) electrons. The predicted molar refractivity (Wildman–Crippen MR) is 160 cm³/mol. The third-order valence-electron chi connectivity index (χ3n) is 5.67. The number of benzene rings is 3. The number of aliphatic carboxylic acids is 1. The third kappa shape index (κ3) is 8.91. The van der Waals surface area contributed by atoms with Gasteiger partial charge in [-0.3, -0.25) is 0 Å². The zero-order chi connectivity index (χ0) is 29.0. The van der Waals surface area contributed by atoms with Gasteiger partial charge in [0, 0.05) is 0 Å². The second kappa shape index (κ2) is 15.6. The Labute approximate surface area is 245 Å². The van der Waals surface area contributed by atoms with Crippen LogP contribution in [-0.2, 0) is 29.3 Å². The van der Waals surface area contributed by atoms with Crippen LogP contribution in [0.25, 0.3) is 11.1 Å². The van der Waals surface area contributed by atoms with Crippen molar-refractivity contribution in [3.05, 3.63) is 84.4 Å². The van der Waals surface area contributed by atoms with Gasteiger partial charge in [-0.1, -0.05) is 6.07 Å². The summed E-state index contributed by atoms with van der Waals surface area (Å²) in [5.41, 5.74) is 2.44. The van der Waals surface area contributed by atoms with E-state index in [1.54, 1.807) is 43.5 Å². The zero-order valence-electron chi connectivity index (χ0n) is 22.2. The Kier molecular flexibility index (Phi) is 12.2. The van der Waals surface area contributed by atoms with Gasteiger partial charge in [0.05, 0.1) is 7.11 Å². The first kappa shape index (κ1) is 31.3. The maximum absolute atomic E-state index is 13.6. The number of halogens is 1. The second-order valence-corrected chi connectivity index (χ2v) is 12.6. The summed E-state index contributed by atoms with van der Waals surface area (Å²) >= 11 is -1.28. The van der Waals surface area contributed by atoms with Crippen molar-refractivity contribution in [2.45, 2.75) is 37.3 Å². The molecule has 0 unspecified atom stereocenters. The number of hydrogen-bond donors (Lipinski definition) is 2. The molecule has 0 bridgehead atoms. The Morgan fingerprint density at radius 2 is 1.60 bits per heavy atom. The van der Waals surface area contributed by atoms with Crippen molar-refractivity contribution in [2.24, 2.45) is 0 Å². The van der Waals surface area contributed by atoms with Gasteiger partial charge in [0.25, 0.3) is 0 Å². The molecule has 0 aliphatic carbocycles. The van der Waals surface area contributed by atoms with E-state index < -0.39 is 49.7 Å². The SMILES string of the molecule is CCC[IH]ON([C@H](CCNC(=O)OCc1ccccc1)C(=O)O)S(=O)(=O)c1ccc(-c2ccc(OC)cc2)cc1. The number of rotatable bonds is 15. The van der Waals surface area contributed by atoms with Gasteiger partial charge in [0.15, 0.2) is 0 Å². The number of alkyl halides is 1. The molecular formula is C28H33IN2O8S. The van der Waals surface area contributed by atoms with Gasteiger partial charge in [-0.25, -0.2) is 0 Å². The van der Waals surface area contributed by atoms with Crippen LogP contribution in [0.3, 0.4) is 0 Å². The molecule has 10 nitrogen and oxygen atoms in total. The number of methoxy groups -OCH3 is 1. The van der Waals surface area contributed by atoms with Crippen molar-refractivity contribution >= 4 is 43.7 Å². The topological polar surface area (TPSA) is 131 Å². The standard InChI is InChI=1S/C28H33IN2O8S/c1-3-18-29-39-31(26(27(32)33)17-19-30-28(34)38-20-21-7-5-4-6-8-21)40(35,36)25-15-11-23(12-16-25)22-9-13-24(37-2)14-10-22/h4-16,26,29H,3,17-20H2,1-2H3,(H,30,34)(H,32,33)/t26-/m1/s1. The fourth-order valence-corrected chi connectivity index (χ4v) is 7.10. The second-order valence-electron chi connectivity index (χ2n) is 8.54. The van der Waals surface area contributed by atoms with Crippen LogP contribution in [0, 0.1) is 0 Å². The van der Waals surface area contributed by atoms with Crippen LogP contribution >= 0.6 is 21.6 Å². The van der Waals surface area contributed by atoms with Crippen molar-refractivity contribution in [3.8, 4) is 16.9 Å². The summed E-state index contributed by atoms with van der Waals surface area (Å²) in [6.07, 6.45) is -0.186. The Hall–Kier alpha value is -3.20. The Morgan fingerprint density at radius 1 is 0.975 bits per heavy atom. The number of ether oxygens (including phenoxy) is 2. The van der Waals surface area contributed by atoms with Gasteiger partial charge in [-0.15, -0.1) is 0 Å². The predicted octanol–water partition coefficient (Wildman–Crippen LogP) is 5.08. The zero-order valence-corrected chi connectivity index (χ0v) is 25.3. The van der Waals surface area contributed by atoms with E-state index in [4.69, 9.17) is 12.6 Å². The number of nitrogens with one attached hydrogen (secondary N) is 1. The van der Waals surface area contributed by atoms with E-state index in [2.05, 4.69) is 5.32 Å². The monoisotopic (exact) mass is 684 g/mol. The molecule has 1 amide bonds. The van der Waals surface area contributed by atoms with Crippen LogP contribution in [0.15, 0.2) is 83.8 Å². The number of alkyl carbamates (subject to hydrolysis) is 1. The van der Waals surface area contributed by atoms with Crippen molar-refractivity contribution in [1.82, 2.24) is 9.79 Å². The molecule has 2 N–H and O–H groups in total. The average Bonchev–Trinajstić information content (AvgIpc) is 2.97. The molecule has 0 saturated carbocycles. The number of amides is 1. The van der Waals surface area contributed by atoms with Gasteiger partial charge in [0.1, 0.15) is 0 Å². The minimum atomic E-state index is -4.33. The van der Waals surface area contributed by atoms with Gasteiger partial charge in [-0.05, 0) is 0 Å². The number of hydrogen-bond acceptors (Lipinski definition) is 7. The van der Waals surface area contributed by atoms with Crippen LogP contribution in [0.1, 0.15) is 25.3 Å². The van der Waals surface area contributed by atoms with Crippen molar-refractivity contribution < 1.29 is 35.8 Å². The Balaban J connectivity index is 1.72. The molecule has 3 aromatic carbocycles. The van der Waals surface area contributed by atoms with E-state index in [0.29, 0.717) is 14.6 Å². The number of hydroxylamine groups is 1. The van der Waals surface area contributed by atoms with Gasteiger partial charge in [0.2, 0.25) is 0 Å². The molecule has 1 atom stereocenters. The molecule has 0 fully saturated rings. The Bertz CT molecular complexity index is 1340. The number of carboxylic acid groups (broad SMARTS) is 1. The molecule has 3 rings (SSSR count). The van der Waals surface area contributed by atoms with Crippen molar-refractivity contribution in [2.75, 3.05) is 18.1 Å². The molecule has 12 heteroatoms. The summed E-state index contributed by atoms with van der Waals surface area (Å²) in [4.78, 5) is 24.2. The fraction of sp³-hybridized carbons (Fsp3) is 0.286. The summed E-state index contributed by atoms with van der Waals surface area (Å²) in [5.74, 6) is -0.688. The van der Waals surface area contributed by atoms with Crippen LogP contribution in [-0.4, -0.2) is 54.2 Å². The van der Waals surface area contributed by atoms with E-state index in [1.165, 1.54) is 12.1 Å². The number of carbonyl (C=O) groups excluding carboxylic acids is 1. The average molecular weight is 685 g/mol. The Morgan fingerprint density at radius 3 is 2.17 bits per heavy atom. The van der Waals surface area contributed by atoms with E-state index in [1.807, 2.05) is 37.3 Å². The van der Waals surface area contributed by atoms with E-state index in [0.717, 1.165) is 23.1 Å². The van der Waals surface area contributed by atoms with Crippen LogP contribution in [0.4, 0.5) is 4.79 Å². The van der Waals surface area contributed by atoms with Crippen LogP contribution < -0.4 is 10.1 Å². The molecular weight excluding hydrogens is 651 g/mol. The van der Waals surface area contributed by atoms with E-state index in [9.17, 15) is 23.1 Å². The fourth-order valence-electron chi connectivity index (χ4n) is 3.54. The quantitative estimate of drug-likeness (QED) is 0.0981. The minimum absolute atomic E-state index is 0.0490. The molecule has 40 heavy (non-hydrogen) atoms. The van der Waals surface area contributed by atoms with E-state index in [-0.39, 0.29) is 24.5 Å². The molecule has 0 aliphatic rings. The van der Waals surface area contributed by atoms with Gasteiger partial charge >= 0.3 is 233 Å². The maximum atomic E-state index is 13.6. The van der Waals surface area contributed by atoms with Gasteiger partial charge in [-0.2, -0.15) is 0 Å². The van der Waals surface area contributed by atoms with Crippen molar-refractivity contribution in [1.29, 1.82) is 0 Å². The van der Waals surface area contributed by atoms with E-state index >= 15 is 0 Å². The van der Waals surface area contributed by atoms with Crippen molar-refractivity contribution in [3.63, 3.8) is 0 Å².